The highest BCUT2D eigenvalue weighted by Gasteiger charge is 2.25. The summed E-state index contributed by atoms with van der Waals surface area (Å²) in [5.41, 5.74) is 2.24. The molecular formula is C21H21FN4O. The number of amides is 1. The lowest BCUT2D eigenvalue weighted by molar-refractivity contribution is 0.0748. The highest BCUT2D eigenvalue weighted by atomic mass is 19.1. The molecule has 1 aliphatic rings. The highest BCUT2D eigenvalue weighted by Crippen LogP contribution is 2.27. The Bertz CT molecular complexity index is 907. The third-order valence-electron chi connectivity index (χ3n) is 5.00. The van der Waals surface area contributed by atoms with Gasteiger partial charge in [-0.3, -0.25) is 4.79 Å². The van der Waals surface area contributed by atoms with E-state index in [0.717, 1.165) is 30.5 Å². The second kappa shape index (κ2) is 7.70. The molecule has 1 amide bonds. The summed E-state index contributed by atoms with van der Waals surface area (Å²) >= 11 is 0. The molecule has 0 saturated carbocycles. The molecule has 4 rings (SSSR count). The molecule has 1 unspecified atom stereocenters. The van der Waals surface area contributed by atoms with Crippen molar-refractivity contribution in [1.29, 1.82) is 0 Å². The van der Waals surface area contributed by atoms with E-state index in [1.165, 1.54) is 23.1 Å². The fourth-order valence-corrected chi connectivity index (χ4v) is 3.54. The van der Waals surface area contributed by atoms with Gasteiger partial charge in [0.15, 0.2) is 5.69 Å². The van der Waals surface area contributed by atoms with Gasteiger partial charge in [-0.25, -0.2) is 4.39 Å². The van der Waals surface area contributed by atoms with Crippen LogP contribution in [-0.2, 0) is 0 Å². The van der Waals surface area contributed by atoms with Gasteiger partial charge in [0.1, 0.15) is 5.82 Å². The van der Waals surface area contributed by atoms with Gasteiger partial charge in [0.25, 0.3) is 5.91 Å². The van der Waals surface area contributed by atoms with Gasteiger partial charge in [-0.05, 0) is 42.7 Å². The first-order chi connectivity index (χ1) is 13.2. The van der Waals surface area contributed by atoms with E-state index in [4.69, 9.17) is 0 Å². The zero-order valence-corrected chi connectivity index (χ0v) is 15.0. The normalized spacial score (nSPS) is 17.5. The number of benzene rings is 2. The lowest BCUT2D eigenvalue weighted by atomic mass is 9.94. The van der Waals surface area contributed by atoms with Gasteiger partial charge in [0.2, 0.25) is 0 Å². The number of hydrogen-bond acceptors (Lipinski definition) is 3. The maximum absolute atomic E-state index is 13.2. The van der Waals surface area contributed by atoms with E-state index < -0.39 is 0 Å². The molecule has 3 aromatic rings. The predicted octanol–water partition coefficient (Wildman–Crippen LogP) is 3.82. The molecule has 27 heavy (non-hydrogen) atoms. The van der Waals surface area contributed by atoms with E-state index in [1.807, 2.05) is 47.4 Å². The number of para-hydroxylation sites is 1. The Hall–Kier alpha value is -3.02. The van der Waals surface area contributed by atoms with Crippen molar-refractivity contribution in [3.8, 4) is 5.69 Å². The van der Waals surface area contributed by atoms with Gasteiger partial charge < -0.3 is 4.90 Å². The summed E-state index contributed by atoms with van der Waals surface area (Å²) in [4.78, 5) is 16.3. The van der Waals surface area contributed by atoms with Crippen LogP contribution in [0.5, 0.6) is 0 Å². The van der Waals surface area contributed by atoms with Crippen LogP contribution in [0.15, 0.2) is 60.8 Å². The average Bonchev–Trinajstić information content (AvgIpc) is 3.07. The number of likely N-dealkylation sites (tertiary alicyclic amines) is 1. The monoisotopic (exact) mass is 364 g/mol. The molecule has 138 valence electrons. The van der Waals surface area contributed by atoms with E-state index in [0.29, 0.717) is 18.8 Å². The fraction of sp³-hybridized carbons (Fsp3) is 0.286. The van der Waals surface area contributed by atoms with Crippen LogP contribution in [0.2, 0.25) is 0 Å². The van der Waals surface area contributed by atoms with Crippen LogP contribution in [0, 0.1) is 5.82 Å². The highest BCUT2D eigenvalue weighted by molar-refractivity contribution is 5.92. The van der Waals surface area contributed by atoms with Crippen molar-refractivity contribution in [3.63, 3.8) is 0 Å². The molecule has 1 aliphatic heterocycles. The van der Waals surface area contributed by atoms with Crippen LogP contribution >= 0.6 is 0 Å². The maximum Gasteiger partial charge on any atom is 0.276 e. The first-order valence-corrected chi connectivity index (χ1v) is 9.23. The molecule has 1 saturated heterocycles. The van der Waals surface area contributed by atoms with Gasteiger partial charge >= 0.3 is 0 Å². The molecule has 2 aromatic carbocycles. The summed E-state index contributed by atoms with van der Waals surface area (Å²) < 4.78 is 13.2. The first kappa shape index (κ1) is 17.4. The molecule has 1 atom stereocenters. The Balaban J connectivity index is 1.52. The second-order valence-electron chi connectivity index (χ2n) is 6.85. The van der Waals surface area contributed by atoms with Crippen molar-refractivity contribution < 1.29 is 9.18 Å². The summed E-state index contributed by atoms with van der Waals surface area (Å²) in [6.45, 7) is 1.32. The van der Waals surface area contributed by atoms with Crippen molar-refractivity contribution in [1.82, 2.24) is 19.9 Å². The van der Waals surface area contributed by atoms with Gasteiger partial charge in [0, 0.05) is 19.0 Å². The van der Waals surface area contributed by atoms with E-state index in [2.05, 4.69) is 10.2 Å². The topological polar surface area (TPSA) is 51.0 Å². The number of carbonyl (C=O) groups excluding carboxylic acids is 1. The maximum atomic E-state index is 13.2. The third-order valence-corrected chi connectivity index (χ3v) is 5.00. The minimum Gasteiger partial charge on any atom is -0.337 e. The summed E-state index contributed by atoms with van der Waals surface area (Å²) in [6.07, 6.45) is 4.51. The van der Waals surface area contributed by atoms with E-state index in [-0.39, 0.29) is 17.6 Å². The lowest BCUT2D eigenvalue weighted by Crippen LogP contribution is -2.34. The Kier molecular flexibility index (Phi) is 4.96. The molecule has 1 fully saturated rings. The predicted molar refractivity (Wildman–Crippen MR) is 100 cm³/mol. The summed E-state index contributed by atoms with van der Waals surface area (Å²) in [5.74, 6) is -0.134. The number of hydrogen-bond donors (Lipinski definition) is 0. The molecule has 0 N–H and O–H groups in total. The molecule has 1 aromatic heterocycles. The molecule has 6 heteroatoms. The SMILES string of the molecule is O=C(c1cnn(-c2ccccc2)n1)N1CCCCC(c2ccc(F)cc2)C1. The Labute approximate surface area is 157 Å². The van der Waals surface area contributed by atoms with Crippen LogP contribution in [0.3, 0.4) is 0 Å². The van der Waals surface area contributed by atoms with Crippen molar-refractivity contribution in [2.24, 2.45) is 0 Å². The Morgan fingerprint density at radius 3 is 2.59 bits per heavy atom. The molecule has 2 heterocycles. The number of halogens is 1. The van der Waals surface area contributed by atoms with Crippen molar-refractivity contribution in [2.75, 3.05) is 13.1 Å². The van der Waals surface area contributed by atoms with E-state index in [9.17, 15) is 9.18 Å². The minimum absolute atomic E-state index is 0.105. The average molecular weight is 364 g/mol. The van der Waals surface area contributed by atoms with Gasteiger partial charge in [-0.2, -0.15) is 9.90 Å². The second-order valence-corrected chi connectivity index (χ2v) is 6.85. The standard InChI is InChI=1S/C21H21FN4O/c22-18-11-9-16(10-12-18)17-6-4-5-13-25(15-17)21(27)20-14-23-26(24-20)19-7-2-1-3-8-19/h1-3,7-12,14,17H,4-6,13,15H2. The molecule has 0 bridgehead atoms. The fourth-order valence-electron chi connectivity index (χ4n) is 3.54. The van der Waals surface area contributed by atoms with E-state index >= 15 is 0 Å². The van der Waals surface area contributed by atoms with Crippen LogP contribution in [0.4, 0.5) is 4.39 Å². The summed E-state index contributed by atoms with van der Waals surface area (Å²) in [6, 6.07) is 16.1. The van der Waals surface area contributed by atoms with Crippen molar-refractivity contribution in [3.05, 3.63) is 77.9 Å². The van der Waals surface area contributed by atoms with Crippen LogP contribution in [-0.4, -0.2) is 38.9 Å². The third kappa shape index (κ3) is 3.89. The zero-order valence-electron chi connectivity index (χ0n) is 15.0. The Morgan fingerprint density at radius 2 is 1.81 bits per heavy atom. The molecule has 0 aliphatic carbocycles. The van der Waals surface area contributed by atoms with E-state index in [1.54, 1.807) is 0 Å². The van der Waals surface area contributed by atoms with Crippen molar-refractivity contribution >= 4 is 5.91 Å². The quantitative estimate of drug-likeness (QED) is 0.710. The number of carbonyl (C=O) groups is 1. The number of rotatable bonds is 3. The van der Waals surface area contributed by atoms with Crippen LogP contribution in [0.25, 0.3) is 5.69 Å². The number of nitrogens with zero attached hydrogens (tertiary/aromatic N) is 4. The molecule has 0 spiro atoms. The van der Waals surface area contributed by atoms with Gasteiger partial charge in [-0.15, -0.1) is 5.10 Å². The Morgan fingerprint density at radius 1 is 1.04 bits per heavy atom. The van der Waals surface area contributed by atoms with Crippen molar-refractivity contribution in [2.45, 2.75) is 25.2 Å². The molecule has 5 nitrogen and oxygen atoms in total. The summed E-state index contributed by atoms with van der Waals surface area (Å²) in [5, 5.41) is 8.59. The minimum atomic E-state index is -0.238. The lowest BCUT2D eigenvalue weighted by Gasteiger charge is -2.24. The van der Waals surface area contributed by atoms with Gasteiger partial charge in [0.05, 0.1) is 11.9 Å². The molecule has 0 radical (unpaired) electrons. The largest absolute Gasteiger partial charge is 0.337 e. The number of aromatic nitrogens is 3. The molecular weight excluding hydrogens is 343 g/mol. The van der Waals surface area contributed by atoms with Crippen LogP contribution < -0.4 is 0 Å². The van der Waals surface area contributed by atoms with Crippen LogP contribution in [0.1, 0.15) is 41.2 Å². The first-order valence-electron chi connectivity index (χ1n) is 9.23. The smallest absolute Gasteiger partial charge is 0.276 e. The zero-order chi connectivity index (χ0) is 18.6. The summed E-state index contributed by atoms with van der Waals surface area (Å²) in [7, 11) is 0. The van der Waals surface area contributed by atoms with Gasteiger partial charge in [-0.1, -0.05) is 36.8 Å².